The van der Waals surface area contributed by atoms with Crippen LogP contribution in [0.1, 0.15) is 51.3 Å². The van der Waals surface area contributed by atoms with E-state index in [0.29, 0.717) is 5.92 Å². The third-order valence-corrected chi connectivity index (χ3v) is 4.11. The maximum Gasteiger partial charge on any atom is 0.136 e. The molecule has 98 valence electrons. The summed E-state index contributed by atoms with van der Waals surface area (Å²) < 4.78 is 0. The van der Waals surface area contributed by atoms with E-state index in [9.17, 15) is 0 Å². The topological polar surface area (TPSA) is 41.0 Å². The molecule has 0 aromatic carbocycles. The summed E-state index contributed by atoms with van der Waals surface area (Å²) in [6.45, 7) is 5.72. The molecule has 18 heavy (non-hydrogen) atoms. The van der Waals surface area contributed by atoms with Crippen LogP contribution in [0.4, 0.5) is 11.6 Å². The smallest absolute Gasteiger partial charge is 0.136 e. The monoisotopic (exact) mass is 246 g/mol. The lowest BCUT2D eigenvalue weighted by Crippen LogP contribution is -2.38. The van der Waals surface area contributed by atoms with Crippen molar-refractivity contribution in [3.63, 3.8) is 0 Å². The summed E-state index contributed by atoms with van der Waals surface area (Å²) >= 11 is 0. The van der Waals surface area contributed by atoms with Crippen molar-refractivity contribution in [3.05, 3.63) is 11.9 Å². The number of hydrogen-bond acceptors (Lipinski definition) is 4. The van der Waals surface area contributed by atoms with E-state index in [4.69, 9.17) is 4.98 Å². The Bertz CT molecular complexity index is 451. The normalized spacial score (nSPS) is 22.3. The third-order valence-electron chi connectivity index (χ3n) is 4.11. The van der Waals surface area contributed by atoms with Gasteiger partial charge in [0.05, 0.1) is 0 Å². The molecule has 3 rings (SSSR count). The number of nitrogens with one attached hydrogen (secondary N) is 1. The molecule has 1 saturated carbocycles. The second kappa shape index (κ2) is 4.11. The summed E-state index contributed by atoms with van der Waals surface area (Å²) in [5.41, 5.74) is 0.222. The second-order valence-electron chi connectivity index (χ2n) is 6.06. The highest BCUT2D eigenvalue weighted by Gasteiger charge is 2.34. The van der Waals surface area contributed by atoms with E-state index in [1.165, 1.54) is 25.7 Å². The van der Waals surface area contributed by atoms with Gasteiger partial charge in [0.1, 0.15) is 17.5 Å². The highest BCUT2D eigenvalue weighted by Crippen LogP contribution is 2.40. The minimum Gasteiger partial charge on any atom is -0.373 e. The molecule has 0 radical (unpaired) electrons. The minimum atomic E-state index is 0.222. The molecular weight excluding hydrogens is 224 g/mol. The molecule has 0 unspecified atom stereocenters. The molecule has 2 heterocycles. The van der Waals surface area contributed by atoms with Gasteiger partial charge < -0.3 is 10.2 Å². The fourth-order valence-electron chi connectivity index (χ4n) is 2.78. The number of rotatable bonds is 3. The van der Waals surface area contributed by atoms with Gasteiger partial charge in [0.25, 0.3) is 0 Å². The lowest BCUT2D eigenvalue weighted by molar-refractivity contribution is 0.513. The molecule has 1 saturated heterocycles. The van der Waals surface area contributed by atoms with Crippen molar-refractivity contribution in [1.82, 2.24) is 9.97 Å². The lowest BCUT2D eigenvalue weighted by atomic mass is 10.0. The summed E-state index contributed by atoms with van der Waals surface area (Å²) in [4.78, 5) is 11.8. The first-order valence-electron chi connectivity index (χ1n) is 6.94. The van der Waals surface area contributed by atoms with Gasteiger partial charge in [-0.15, -0.1) is 0 Å². The summed E-state index contributed by atoms with van der Waals surface area (Å²) in [5.74, 6) is 3.67. The van der Waals surface area contributed by atoms with E-state index in [0.717, 1.165) is 24.0 Å². The van der Waals surface area contributed by atoms with Crippen molar-refractivity contribution < 1.29 is 0 Å². The van der Waals surface area contributed by atoms with E-state index in [2.05, 4.69) is 35.1 Å². The molecule has 1 aromatic rings. The van der Waals surface area contributed by atoms with E-state index in [-0.39, 0.29) is 5.54 Å². The lowest BCUT2D eigenvalue weighted by Gasteiger charge is -2.33. The highest BCUT2D eigenvalue weighted by molar-refractivity contribution is 5.52. The molecule has 0 atom stereocenters. The Labute approximate surface area is 109 Å². The molecule has 1 N–H and O–H groups in total. The van der Waals surface area contributed by atoms with Gasteiger partial charge in [0.2, 0.25) is 0 Å². The molecule has 4 heteroatoms. The van der Waals surface area contributed by atoms with E-state index < -0.39 is 0 Å². The molecule has 0 bridgehead atoms. The standard InChI is InChI=1S/C14H22N4/c1-14(2)7-4-8-18(14)12-9-11(15-3)16-13(17-12)10-5-6-10/h9-10H,4-8H2,1-3H3,(H,15,16,17). The zero-order chi connectivity index (χ0) is 12.8. The van der Waals surface area contributed by atoms with E-state index in [1.54, 1.807) is 0 Å². The first kappa shape index (κ1) is 11.8. The number of hydrogen-bond donors (Lipinski definition) is 1. The molecule has 2 fully saturated rings. The largest absolute Gasteiger partial charge is 0.373 e. The van der Waals surface area contributed by atoms with Crippen LogP contribution >= 0.6 is 0 Å². The van der Waals surface area contributed by atoms with Gasteiger partial charge in [-0.25, -0.2) is 9.97 Å². The molecular formula is C14H22N4. The number of anilines is 2. The fraction of sp³-hybridized carbons (Fsp3) is 0.714. The van der Waals surface area contributed by atoms with Crippen LogP contribution in [0.15, 0.2) is 6.07 Å². The second-order valence-corrected chi connectivity index (χ2v) is 6.06. The van der Waals surface area contributed by atoms with Gasteiger partial charge >= 0.3 is 0 Å². The Morgan fingerprint density at radius 3 is 2.67 bits per heavy atom. The van der Waals surface area contributed by atoms with Crippen LogP contribution in [0.2, 0.25) is 0 Å². The summed E-state index contributed by atoms with van der Waals surface area (Å²) in [5, 5.41) is 3.16. The van der Waals surface area contributed by atoms with Crippen molar-refractivity contribution in [1.29, 1.82) is 0 Å². The first-order valence-corrected chi connectivity index (χ1v) is 6.94. The number of aromatic nitrogens is 2. The minimum absolute atomic E-state index is 0.222. The summed E-state index contributed by atoms with van der Waals surface area (Å²) in [6.07, 6.45) is 4.99. The van der Waals surface area contributed by atoms with Crippen molar-refractivity contribution in [2.45, 2.75) is 51.0 Å². The van der Waals surface area contributed by atoms with Crippen molar-refractivity contribution in [3.8, 4) is 0 Å². The maximum absolute atomic E-state index is 4.80. The van der Waals surface area contributed by atoms with Gasteiger partial charge in [0.15, 0.2) is 0 Å². The average molecular weight is 246 g/mol. The van der Waals surface area contributed by atoms with Crippen molar-refractivity contribution in [2.24, 2.45) is 0 Å². The SMILES string of the molecule is CNc1cc(N2CCCC2(C)C)nc(C2CC2)n1. The van der Waals surface area contributed by atoms with Gasteiger partial charge in [-0.1, -0.05) is 0 Å². The van der Waals surface area contributed by atoms with Crippen molar-refractivity contribution in [2.75, 3.05) is 23.8 Å². The van der Waals surface area contributed by atoms with Gasteiger partial charge in [-0.2, -0.15) is 0 Å². The third kappa shape index (κ3) is 2.04. The zero-order valence-corrected chi connectivity index (χ0v) is 11.5. The Balaban J connectivity index is 1.97. The number of nitrogens with zero attached hydrogens (tertiary/aromatic N) is 3. The highest BCUT2D eigenvalue weighted by atomic mass is 15.3. The van der Waals surface area contributed by atoms with Gasteiger partial charge in [0, 0.05) is 31.1 Å². The molecule has 4 nitrogen and oxygen atoms in total. The van der Waals surface area contributed by atoms with Crippen LogP contribution in [0.3, 0.4) is 0 Å². The average Bonchev–Trinajstić information content (AvgIpc) is 3.13. The Morgan fingerprint density at radius 1 is 1.33 bits per heavy atom. The zero-order valence-electron chi connectivity index (χ0n) is 11.5. The predicted molar refractivity (Wildman–Crippen MR) is 74.2 cm³/mol. The molecule has 1 aliphatic heterocycles. The molecule has 1 aromatic heterocycles. The van der Waals surface area contributed by atoms with Gasteiger partial charge in [-0.05, 0) is 39.5 Å². The van der Waals surface area contributed by atoms with Crippen LogP contribution in [0.25, 0.3) is 0 Å². The molecule has 0 spiro atoms. The van der Waals surface area contributed by atoms with Gasteiger partial charge in [-0.3, -0.25) is 0 Å². The predicted octanol–water partition coefficient (Wildman–Crippen LogP) is 2.77. The Kier molecular flexibility index (Phi) is 2.68. The maximum atomic E-state index is 4.80. The van der Waals surface area contributed by atoms with Crippen LogP contribution in [0.5, 0.6) is 0 Å². The van der Waals surface area contributed by atoms with Crippen LogP contribution in [-0.4, -0.2) is 29.1 Å². The van der Waals surface area contributed by atoms with Crippen molar-refractivity contribution >= 4 is 11.6 Å². The Morgan fingerprint density at radius 2 is 2.11 bits per heavy atom. The Hall–Kier alpha value is -1.32. The van der Waals surface area contributed by atoms with Crippen LogP contribution in [0, 0.1) is 0 Å². The quantitative estimate of drug-likeness (QED) is 0.890. The summed E-state index contributed by atoms with van der Waals surface area (Å²) in [6, 6.07) is 2.08. The molecule has 2 aliphatic rings. The van der Waals surface area contributed by atoms with E-state index >= 15 is 0 Å². The fourth-order valence-corrected chi connectivity index (χ4v) is 2.78. The van der Waals surface area contributed by atoms with Crippen LogP contribution in [-0.2, 0) is 0 Å². The molecule has 0 amide bonds. The molecule has 1 aliphatic carbocycles. The first-order chi connectivity index (χ1) is 8.60. The van der Waals surface area contributed by atoms with Crippen LogP contribution < -0.4 is 10.2 Å². The van der Waals surface area contributed by atoms with E-state index in [1.807, 2.05) is 7.05 Å². The summed E-state index contributed by atoms with van der Waals surface area (Å²) in [7, 11) is 1.93.